The number of benzene rings is 1. The summed E-state index contributed by atoms with van der Waals surface area (Å²) in [5.74, 6) is 1.16. The summed E-state index contributed by atoms with van der Waals surface area (Å²) in [6.07, 6.45) is 1.81. The largest absolute Gasteiger partial charge is 0.486 e. The van der Waals surface area contributed by atoms with Crippen LogP contribution in [0.1, 0.15) is 23.2 Å². The Hall–Kier alpha value is -2.20. The van der Waals surface area contributed by atoms with Crippen molar-refractivity contribution in [3.8, 4) is 11.5 Å². The number of carbonyl (C=O) groups excluding carboxylic acids is 1. The van der Waals surface area contributed by atoms with Crippen LogP contribution in [-0.4, -0.2) is 19.0 Å². The third-order valence-corrected chi connectivity index (χ3v) is 3.03. The van der Waals surface area contributed by atoms with Gasteiger partial charge in [0.05, 0.1) is 5.69 Å². The van der Waals surface area contributed by atoms with Gasteiger partial charge in [-0.15, -0.1) is 0 Å². The summed E-state index contributed by atoms with van der Waals surface area (Å²) in [6.45, 7) is 0.920. The second-order valence-corrected chi connectivity index (χ2v) is 4.34. The topological polar surface area (TPSA) is 84.3 Å². The lowest BCUT2D eigenvalue weighted by Crippen LogP contribution is -2.16. The number of hydrogen-bond donors (Lipinski definition) is 0. The van der Waals surface area contributed by atoms with Gasteiger partial charge in [-0.2, -0.15) is 0 Å². The van der Waals surface area contributed by atoms with Crippen molar-refractivity contribution in [1.82, 2.24) is 0 Å². The first-order valence-electron chi connectivity index (χ1n) is 5.82. The lowest BCUT2D eigenvalue weighted by molar-refractivity contribution is 0.0967. The highest BCUT2D eigenvalue weighted by Crippen LogP contribution is 2.41. The van der Waals surface area contributed by atoms with Crippen molar-refractivity contribution in [2.24, 2.45) is 11.0 Å². The van der Waals surface area contributed by atoms with E-state index in [1.165, 1.54) is 0 Å². The first-order chi connectivity index (χ1) is 8.79. The number of rotatable bonds is 3. The van der Waals surface area contributed by atoms with E-state index in [2.05, 4.69) is 10.0 Å². The van der Waals surface area contributed by atoms with E-state index in [0.717, 1.165) is 12.8 Å². The van der Waals surface area contributed by atoms with E-state index >= 15 is 0 Å². The number of ketones is 1. The van der Waals surface area contributed by atoms with Crippen LogP contribution in [-0.2, 0) is 0 Å². The van der Waals surface area contributed by atoms with Crippen molar-refractivity contribution in [3.05, 3.63) is 28.1 Å². The maximum absolute atomic E-state index is 12.1. The number of fused-ring (bicyclic) bond motifs is 1. The third kappa shape index (κ3) is 1.87. The van der Waals surface area contributed by atoms with E-state index in [0.29, 0.717) is 36.0 Å². The third-order valence-electron chi connectivity index (χ3n) is 3.03. The van der Waals surface area contributed by atoms with Gasteiger partial charge in [0.1, 0.15) is 13.2 Å². The van der Waals surface area contributed by atoms with Gasteiger partial charge in [-0.25, -0.2) is 0 Å². The summed E-state index contributed by atoms with van der Waals surface area (Å²) in [7, 11) is 0. The van der Waals surface area contributed by atoms with Crippen molar-refractivity contribution < 1.29 is 14.3 Å². The minimum atomic E-state index is 0.0226. The zero-order valence-electron chi connectivity index (χ0n) is 9.63. The molecule has 0 bridgehead atoms. The molecule has 0 spiro atoms. The molecule has 1 heterocycles. The minimum Gasteiger partial charge on any atom is -0.486 e. The molecule has 1 aromatic carbocycles. The summed E-state index contributed by atoms with van der Waals surface area (Å²) < 4.78 is 10.8. The monoisotopic (exact) mass is 245 g/mol. The van der Waals surface area contributed by atoms with E-state index in [-0.39, 0.29) is 11.7 Å². The number of ether oxygens (including phenoxy) is 2. The van der Waals surface area contributed by atoms with Crippen molar-refractivity contribution in [2.75, 3.05) is 13.2 Å². The number of azide groups is 1. The Labute approximate surface area is 103 Å². The molecule has 1 aliphatic carbocycles. The predicted octanol–water partition coefficient (Wildman–Crippen LogP) is 2.99. The van der Waals surface area contributed by atoms with Crippen molar-refractivity contribution in [1.29, 1.82) is 0 Å². The summed E-state index contributed by atoms with van der Waals surface area (Å²) in [5, 5.41) is 3.57. The van der Waals surface area contributed by atoms with E-state index in [4.69, 9.17) is 15.0 Å². The average Bonchev–Trinajstić information content (AvgIpc) is 3.22. The Bertz CT molecular complexity index is 560. The molecule has 1 saturated carbocycles. The first-order valence-corrected chi connectivity index (χ1v) is 5.82. The van der Waals surface area contributed by atoms with Crippen LogP contribution < -0.4 is 9.47 Å². The number of carbonyl (C=O) groups is 1. The normalized spacial score (nSPS) is 16.9. The molecule has 0 amide bonds. The smallest absolute Gasteiger partial charge is 0.166 e. The molecule has 0 aromatic heterocycles. The predicted molar refractivity (Wildman–Crippen MR) is 63.3 cm³/mol. The number of nitrogens with zero attached hydrogens (tertiary/aromatic N) is 3. The molecule has 3 rings (SSSR count). The summed E-state index contributed by atoms with van der Waals surface area (Å²) in [6, 6.07) is 3.20. The van der Waals surface area contributed by atoms with Crippen LogP contribution in [0, 0.1) is 5.92 Å². The van der Waals surface area contributed by atoms with Crippen molar-refractivity contribution in [3.63, 3.8) is 0 Å². The van der Waals surface area contributed by atoms with Gasteiger partial charge >= 0.3 is 0 Å². The first kappa shape index (κ1) is 10.9. The van der Waals surface area contributed by atoms with E-state index < -0.39 is 0 Å². The molecule has 0 unspecified atom stereocenters. The van der Waals surface area contributed by atoms with Gasteiger partial charge in [0, 0.05) is 16.4 Å². The van der Waals surface area contributed by atoms with Gasteiger partial charge in [-0.3, -0.25) is 4.79 Å². The van der Waals surface area contributed by atoms with Gasteiger partial charge in [0.2, 0.25) is 0 Å². The van der Waals surface area contributed by atoms with Gasteiger partial charge in [-0.1, -0.05) is 5.11 Å². The average molecular weight is 245 g/mol. The van der Waals surface area contributed by atoms with Crippen LogP contribution in [0.25, 0.3) is 10.4 Å². The fraction of sp³-hybridized carbons (Fsp3) is 0.417. The summed E-state index contributed by atoms with van der Waals surface area (Å²) >= 11 is 0. The Balaban J connectivity index is 2.08. The zero-order valence-corrected chi connectivity index (χ0v) is 9.63. The van der Waals surface area contributed by atoms with Gasteiger partial charge in [-0.05, 0) is 30.5 Å². The summed E-state index contributed by atoms with van der Waals surface area (Å²) in [5.41, 5.74) is 9.31. The van der Waals surface area contributed by atoms with Gasteiger partial charge in [0.15, 0.2) is 17.3 Å². The lowest BCUT2D eigenvalue weighted by atomic mass is 10.0. The Morgan fingerprint density at radius 2 is 1.94 bits per heavy atom. The van der Waals surface area contributed by atoms with Crippen LogP contribution >= 0.6 is 0 Å². The Morgan fingerprint density at radius 3 is 2.56 bits per heavy atom. The van der Waals surface area contributed by atoms with Crippen LogP contribution in [0.15, 0.2) is 17.2 Å². The maximum atomic E-state index is 12.1. The maximum Gasteiger partial charge on any atom is 0.166 e. The molecule has 6 heteroatoms. The zero-order chi connectivity index (χ0) is 12.5. The minimum absolute atomic E-state index is 0.0226. The van der Waals surface area contributed by atoms with Crippen molar-refractivity contribution >= 4 is 11.5 Å². The fourth-order valence-electron chi connectivity index (χ4n) is 1.97. The SMILES string of the molecule is [N-]=[N+]=Nc1cc2c(cc1C(=O)C1CC1)OCCO2. The molecule has 2 aliphatic rings. The second-order valence-electron chi connectivity index (χ2n) is 4.34. The lowest BCUT2D eigenvalue weighted by Gasteiger charge is -2.19. The highest BCUT2D eigenvalue weighted by atomic mass is 16.6. The Kier molecular flexibility index (Phi) is 2.57. The highest BCUT2D eigenvalue weighted by Gasteiger charge is 2.32. The second kappa shape index (κ2) is 4.23. The van der Waals surface area contributed by atoms with Crippen LogP contribution in [0.2, 0.25) is 0 Å². The molecule has 18 heavy (non-hydrogen) atoms. The molecule has 1 aromatic rings. The summed E-state index contributed by atoms with van der Waals surface area (Å²) in [4.78, 5) is 14.9. The number of Topliss-reactive ketones (excluding diaryl/α,β-unsaturated/α-hetero) is 1. The molecule has 0 saturated heterocycles. The van der Waals surface area contributed by atoms with Crippen molar-refractivity contribution in [2.45, 2.75) is 12.8 Å². The molecule has 0 radical (unpaired) electrons. The van der Waals surface area contributed by atoms with E-state index in [1.807, 2.05) is 0 Å². The quantitative estimate of drug-likeness (QED) is 0.355. The molecule has 6 nitrogen and oxygen atoms in total. The van der Waals surface area contributed by atoms with E-state index in [9.17, 15) is 4.79 Å². The molecular formula is C12H11N3O3. The van der Waals surface area contributed by atoms with Gasteiger partial charge < -0.3 is 9.47 Å². The standard InChI is InChI=1S/C12H11N3O3/c13-15-14-9-6-11-10(17-3-4-18-11)5-8(9)12(16)7-1-2-7/h5-7H,1-4H2. The molecular weight excluding hydrogens is 234 g/mol. The fourth-order valence-corrected chi connectivity index (χ4v) is 1.97. The highest BCUT2D eigenvalue weighted by molar-refractivity contribution is 6.04. The molecule has 0 atom stereocenters. The molecule has 1 aliphatic heterocycles. The number of hydrogen-bond acceptors (Lipinski definition) is 4. The Morgan fingerprint density at radius 1 is 1.28 bits per heavy atom. The molecule has 92 valence electrons. The van der Waals surface area contributed by atoms with Crippen LogP contribution in [0.4, 0.5) is 5.69 Å². The van der Waals surface area contributed by atoms with Crippen LogP contribution in [0.5, 0.6) is 11.5 Å². The van der Waals surface area contributed by atoms with Gasteiger partial charge in [0.25, 0.3) is 0 Å². The van der Waals surface area contributed by atoms with E-state index in [1.54, 1.807) is 12.1 Å². The van der Waals surface area contributed by atoms with Crippen LogP contribution in [0.3, 0.4) is 0 Å². The molecule has 0 N–H and O–H groups in total. The molecule has 1 fully saturated rings.